The molecule has 0 bridgehead atoms. The van der Waals surface area contributed by atoms with Crippen molar-refractivity contribution in [2.24, 2.45) is 5.73 Å². The number of carbonyl (C=O) groups excluding carboxylic acids is 3. The summed E-state index contributed by atoms with van der Waals surface area (Å²) >= 11 is 0. The molecule has 35 heavy (non-hydrogen) atoms. The molecular formula is C25H27N5O5. The third kappa shape index (κ3) is 4.30. The number of nitrogens with zero attached hydrogens (tertiary/aromatic N) is 3. The molecule has 2 heterocycles. The number of urea groups is 1. The number of carbonyl (C=O) groups is 3. The Hall–Kier alpha value is -4.34. The van der Waals surface area contributed by atoms with Crippen molar-refractivity contribution in [2.75, 3.05) is 33.1 Å². The lowest BCUT2D eigenvalue weighted by Crippen LogP contribution is -2.31. The number of fused-ring (bicyclic) bond motifs is 1. The highest BCUT2D eigenvalue weighted by Gasteiger charge is 2.33. The summed E-state index contributed by atoms with van der Waals surface area (Å²) in [4.78, 5) is 44.0. The van der Waals surface area contributed by atoms with Crippen LogP contribution in [0, 0.1) is 0 Å². The zero-order chi connectivity index (χ0) is 25.3. The number of likely N-dealkylation sites (N-methyl/N-ethyl adjacent to an activating group) is 1. The number of rotatable bonds is 8. The Bertz CT molecular complexity index is 1340. The van der Waals surface area contributed by atoms with Gasteiger partial charge < -0.3 is 25.4 Å². The Morgan fingerprint density at radius 2 is 1.89 bits per heavy atom. The molecule has 0 atom stereocenters. The number of pyridine rings is 1. The molecule has 1 fully saturated rings. The summed E-state index contributed by atoms with van der Waals surface area (Å²) < 4.78 is 10.8. The van der Waals surface area contributed by atoms with Crippen molar-refractivity contribution < 1.29 is 23.9 Å². The van der Waals surface area contributed by atoms with Crippen molar-refractivity contribution >= 4 is 40.1 Å². The van der Waals surface area contributed by atoms with E-state index in [0.29, 0.717) is 34.5 Å². The fraction of sp³-hybridized carbons (Fsp3) is 0.280. The van der Waals surface area contributed by atoms with Crippen LogP contribution in [0.2, 0.25) is 0 Å². The highest BCUT2D eigenvalue weighted by Crippen LogP contribution is 2.38. The third-order valence-corrected chi connectivity index (χ3v) is 6.08. The Labute approximate surface area is 202 Å². The van der Waals surface area contributed by atoms with E-state index in [1.807, 2.05) is 25.1 Å². The van der Waals surface area contributed by atoms with Crippen molar-refractivity contribution in [2.45, 2.75) is 19.9 Å². The van der Waals surface area contributed by atoms with E-state index in [1.54, 1.807) is 19.2 Å². The lowest BCUT2D eigenvalue weighted by Gasteiger charge is -2.21. The molecule has 10 heteroatoms. The van der Waals surface area contributed by atoms with Gasteiger partial charge in [0.1, 0.15) is 6.54 Å². The zero-order valence-corrected chi connectivity index (χ0v) is 20.0. The fourth-order valence-electron chi connectivity index (χ4n) is 4.29. The van der Waals surface area contributed by atoms with Gasteiger partial charge in [-0.25, -0.2) is 4.79 Å². The summed E-state index contributed by atoms with van der Waals surface area (Å²) in [5.74, 6) is 0.106. The second-order valence-corrected chi connectivity index (χ2v) is 8.18. The lowest BCUT2D eigenvalue weighted by atomic mass is 10.0. The minimum atomic E-state index is -0.637. The number of hydrogen-bond donors (Lipinski definition) is 2. The van der Waals surface area contributed by atoms with E-state index in [2.05, 4.69) is 10.3 Å². The fourth-order valence-corrected chi connectivity index (χ4v) is 4.29. The molecule has 0 saturated carbocycles. The van der Waals surface area contributed by atoms with E-state index in [1.165, 1.54) is 30.2 Å². The molecule has 0 spiro atoms. The van der Waals surface area contributed by atoms with Crippen molar-refractivity contribution in [1.82, 2.24) is 14.8 Å². The van der Waals surface area contributed by atoms with Crippen molar-refractivity contribution in [3.05, 3.63) is 53.2 Å². The minimum absolute atomic E-state index is 0.0640. The first-order valence-corrected chi connectivity index (χ1v) is 11.1. The zero-order valence-electron chi connectivity index (χ0n) is 20.0. The molecule has 1 aliphatic heterocycles. The number of nitrogens with two attached hydrogens (primary N) is 1. The summed E-state index contributed by atoms with van der Waals surface area (Å²) in [5.41, 5.74) is 9.41. The second-order valence-electron chi connectivity index (χ2n) is 8.18. The monoisotopic (exact) mass is 477 g/mol. The summed E-state index contributed by atoms with van der Waals surface area (Å²) in [5, 5.41) is 3.99. The van der Waals surface area contributed by atoms with Crippen LogP contribution in [-0.2, 0) is 17.8 Å². The average molecular weight is 478 g/mol. The van der Waals surface area contributed by atoms with Crippen LogP contribution in [0.25, 0.3) is 10.9 Å². The van der Waals surface area contributed by atoms with Gasteiger partial charge in [-0.05, 0) is 29.7 Å². The molecule has 4 rings (SSSR count). The topological polar surface area (TPSA) is 127 Å². The molecule has 1 saturated heterocycles. The lowest BCUT2D eigenvalue weighted by molar-refractivity contribution is -0.125. The van der Waals surface area contributed by atoms with Gasteiger partial charge in [-0.2, -0.15) is 0 Å². The van der Waals surface area contributed by atoms with Gasteiger partial charge in [-0.15, -0.1) is 0 Å². The Kier molecular flexibility index (Phi) is 6.46. The van der Waals surface area contributed by atoms with Crippen LogP contribution in [0.1, 0.15) is 28.4 Å². The second kappa shape index (κ2) is 9.49. The smallest absolute Gasteiger partial charge is 0.327 e. The highest BCUT2D eigenvalue weighted by molar-refractivity contribution is 6.08. The normalized spacial score (nSPS) is 13.5. The summed E-state index contributed by atoms with van der Waals surface area (Å²) in [6.45, 7) is 2.21. The van der Waals surface area contributed by atoms with Gasteiger partial charge in [0.25, 0.3) is 11.8 Å². The van der Waals surface area contributed by atoms with Crippen LogP contribution in [0.15, 0.2) is 36.5 Å². The minimum Gasteiger partial charge on any atom is -0.493 e. The average Bonchev–Trinajstić information content (AvgIpc) is 3.09. The number of primary amides is 1. The molecule has 0 aliphatic carbocycles. The number of nitrogens with one attached hydrogen (secondary N) is 1. The Morgan fingerprint density at radius 3 is 2.49 bits per heavy atom. The van der Waals surface area contributed by atoms with Crippen LogP contribution in [-0.4, -0.2) is 60.4 Å². The van der Waals surface area contributed by atoms with Crippen LogP contribution in [0.5, 0.6) is 11.5 Å². The van der Waals surface area contributed by atoms with E-state index < -0.39 is 5.91 Å². The van der Waals surface area contributed by atoms with Gasteiger partial charge >= 0.3 is 6.03 Å². The SMILES string of the molecule is CCc1c(CN2C(=O)CN(C)C2=O)cccc1Nc1c(C(N)=O)cnc2cc(OC)c(OC)cc12. The standard InChI is InChI=1S/C25H27N5O5/c1-5-15-14(12-30-22(31)13-29(2)25(30)33)7-6-8-18(15)28-23-16-9-20(34-3)21(35-4)10-19(16)27-11-17(23)24(26)32/h6-11H,5,12-13H2,1-4H3,(H2,26,32)(H,27,28). The molecule has 2 aromatic carbocycles. The molecule has 3 aromatic rings. The Morgan fingerprint density at radius 1 is 1.17 bits per heavy atom. The highest BCUT2D eigenvalue weighted by atomic mass is 16.5. The number of aromatic nitrogens is 1. The van der Waals surface area contributed by atoms with Gasteiger partial charge in [-0.3, -0.25) is 19.5 Å². The number of hydrogen-bond acceptors (Lipinski definition) is 7. The molecular weight excluding hydrogens is 450 g/mol. The third-order valence-electron chi connectivity index (χ3n) is 6.08. The molecule has 182 valence electrons. The van der Waals surface area contributed by atoms with Gasteiger partial charge in [-0.1, -0.05) is 19.1 Å². The molecule has 1 aromatic heterocycles. The largest absolute Gasteiger partial charge is 0.493 e. The van der Waals surface area contributed by atoms with E-state index in [0.717, 1.165) is 16.8 Å². The van der Waals surface area contributed by atoms with Gasteiger partial charge in [0.05, 0.1) is 37.5 Å². The van der Waals surface area contributed by atoms with Crippen molar-refractivity contribution in [3.63, 3.8) is 0 Å². The van der Waals surface area contributed by atoms with Crippen LogP contribution in [0.3, 0.4) is 0 Å². The van der Waals surface area contributed by atoms with E-state index >= 15 is 0 Å². The molecule has 1 aliphatic rings. The predicted molar refractivity (Wildman–Crippen MR) is 131 cm³/mol. The maximum absolute atomic E-state index is 12.4. The molecule has 10 nitrogen and oxygen atoms in total. The molecule has 0 radical (unpaired) electrons. The first kappa shape index (κ1) is 23.8. The number of amides is 4. The maximum Gasteiger partial charge on any atom is 0.327 e. The van der Waals surface area contributed by atoms with E-state index in [9.17, 15) is 14.4 Å². The van der Waals surface area contributed by atoms with Crippen LogP contribution in [0.4, 0.5) is 16.2 Å². The first-order valence-electron chi connectivity index (χ1n) is 11.1. The maximum atomic E-state index is 12.4. The first-order chi connectivity index (χ1) is 16.8. The van der Waals surface area contributed by atoms with Crippen LogP contribution < -0.4 is 20.5 Å². The summed E-state index contributed by atoms with van der Waals surface area (Å²) in [6.07, 6.45) is 2.04. The van der Waals surface area contributed by atoms with E-state index in [4.69, 9.17) is 15.2 Å². The van der Waals surface area contributed by atoms with Gasteiger partial charge in [0.15, 0.2) is 11.5 Å². The molecule has 0 unspecified atom stereocenters. The van der Waals surface area contributed by atoms with Gasteiger partial charge in [0, 0.05) is 30.4 Å². The summed E-state index contributed by atoms with van der Waals surface area (Å²) in [6, 6.07) is 8.73. The van der Waals surface area contributed by atoms with Crippen molar-refractivity contribution in [1.29, 1.82) is 0 Å². The van der Waals surface area contributed by atoms with Crippen LogP contribution >= 0.6 is 0 Å². The quantitative estimate of drug-likeness (QED) is 0.477. The number of imide groups is 1. The number of anilines is 2. The Balaban J connectivity index is 1.82. The predicted octanol–water partition coefficient (Wildman–Crippen LogP) is 3.05. The molecule has 4 amide bonds. The summed E-state index contributed by atoms with van der Waals surface area (Å²) in [7, 11) is 4.66. The van der Waals surface area contributed by atoms with E-state index in [-0.39, 0.29) is 30.6 Å². The number of benzene rings is 2. The van der Waals surface area contributed by atoms with Crippen molar-refractivity contribution in [3.8, 4) is 11.5 Å². The van der Waals surface area contributed by atoms with Gasteiger partial charge in [0.2, 0.25) is 0 Å². The molecule has 3 N–H and O–H groups in total. The number of ether oxygens (including phenoxy) is 2. The number of methoxy groups -OCH3 is 2.